The molecule has 0 aliphatic carbocycles. The molecule has 0 spiro atoms. The normalized spacial score (nSPS) is 18.3. The molecule has 2 aromatic carbocycles. The zero-order chi connectivity index (χ0) is 25.7. The Morgan fingerprint density at radius 2 is 1.83 bits per heavy atom. The Balaban J connectivity index is 1.62. The van der Waals surface area contributed by atoms with Gasteiger partial charge in [0, 0.05) is 37.0 Å². The maximum Gasteiger partial charge on any atom is 0.321 e. The van der Waals surface area contributed by atoms with Gasteiger partial charge in [-0.25, -0.2) is 9.78 Å². The van der Waals surface area contributed by atoms with E-state index in [0.717, 1.165) is 11.1 Å². The van der Waals surface area contributed by atoms with Crippen LogP contribution in [0.2, 0.25) is 0 Å². The van der Waals surface area contributed by atoms with Crippen molar-refractivity contribution >= 4 is 17.6 Å². The molecule has 188 valence electrons. The largest absolute Gasteiger partial charge is 0.472 e. The molecule has 0 unspecified atom stereocenters. The molecule has 3 amide bonds. The smallest absolute Gasteiger partial charge is 0.321 e. The van der Waals surface area contributed by atoms with E-state index in [9.17, 15) is 14.7 Å². The van der Waals surface area contributed by atoms with Crippen LogP contribution in [0.3, 0.4) is 0 Å². The van der Waals surface area contributed by atoms with Gasteiger partial charge in [-0.3, -0.25) is 4.79 Å². The van der Waals surface area contributed by atoms with Gasteiger partial charge in [-0.1, -0.05) is 55.5 Å². The molecular formula is C28H32N4O4. The number of rotatable bonds is 6. The topological polar surface area (TPSA) is 95.0 Å². The molecule has 4 rings (SSSR count). The van der Waals surface area contributed by atoms with Crippen LogP contribution in [-0.2, 0) is 0 Å². The summed E-state index contributed by atoms with van der Waals surface area (Å²) in [5.41, 5.74) is 2.78. The van der Waals surface area contributed by atoms with Gasteiger partial charge in [-0.2, -0.15) is 0 Å². The number of aromatic nitrogens is 1. The molecule has 0 bridgehead atoms. The summed E-state index contributed by atoms with van der Waals surface area (Å²) in [6, 6.07) is 20.1. The van der Waals surface area contributed by atoms with E-state index >= 15 is 0 Å². The van der Waals surface area contributed by atoms with E-state index in [1.165, 1.54) is 0 Å². The monoisotopic (exact) mass is 488 g/mol. The maximum atomic E-state index is 13.6. The number of nitrogens with zero attached hydrogens (tertiary/aromatic N) is 3. The number of aliphatic hydroxyl groups is 1. The number of para-hydroxylation sites is 1. The number of pyridine rings is 1. The fourth-order valence-electron chi connectivity index (χ4n) is 4.20. The molecule has 2 N–H and O–H groups in total. The molecule has 1 aromatic heterocycles. The number of carbonyl (C=O) groups is 2. The van der Waals surface area contributed by atoms with Crippen molar-refractivity contribution < 1.29 is 19.4 Å². The lowest BCUT2D eigenvalue weighted by Crippen LogP contribution is -2.50. The van der Waals surface area contributed by atoms with Gasteiger partial charge in [-0.15, -0.1) is 0 Å². The van der Waals surface area contributed by atoms with Crippen molar-refractivity contribution in [1.29, 1.82) is 0 Å². The standard InChI is InChI=1S/C28H32N4O4/c1-19-16-32(20(2)18-33)27(34)24-14-22(21-10-6-4-7-11-21)15-29-26(24)36-25(19)17-31(3)28(35)30-23-12-8-5-9-13-23/h4-15,19-20,25,33H,16-18H2,1-3H3,(H,30,35)/t19-,20-,25-/m0/s1. The van der Waals surface area contributed by atoms with E-state index < -0.39 is 6.10 Å². The second-order valence-corrected chi connectivity index (χ2v) is 9.24. The first-order valence-electron chi connectivity index (χ1n) is 12.1. The molecule has 0 saturated heterocycles. The maximum absolute atomic E-state index is 13.6. The number of ether oxygens (including phenoxy) is 1. The quantitative estimate of drug-likeness (QED) is 0.544. The number of likely N-dealkylation sites (N-methyl/N-ethyl adjacent to an activating group) is 1. The van der Waals surface area contributed by atoms with Gasteiger partial charge >= 0.3 is 6.03 Å². The van der Waals surface area contributed by atoms with Crippen molar-refractivity contribution in [3.63, 3.8) is 0 Å². The lowest BCUT2D eigenvalue weighted by atomic mass is 9.99. The third kappa shape index (κ3) is 5.66. The Kier molecular flexibility index (Phi) is 7.85. The van der Waals surface area contributed by atoms with Gasteiger partial charge in [0.25, 0.3) is 5.91 Å². The summed E-state index contributed by atoms with van der Waals surface area (Å²) in [5, 5.41) is 12.7. The third-order valence-electron chi connectivity index (χ3n) is 6.45. The van der Waals surface area contributed by atoms with E-state index in [4.69, 9.17) is 4.74 Å². The number of carbonyl (C=O) groups excluding carboxylic acids is 2. The molecule has 0 radical (unpaired) electrons. The minimum atomic E-state index is -0.424. The van der Waals surface area contributed by atoms with E-state index in [2.05, 4.69) is 10.3 Å². The summed E-state index contributed by atoms with van der Waals surface area (Å²) in [4.78, 5) is 34.1. The molecule has 3 atom stereocenters. The van der Waals surface area contributed by atoms with Gasteiger partial charge in [0.05, 0.1) is 19.2 Å². The highest BCUT2D eigenvalue weighted by molar-refractivity contribution is 5.98. The van der Waals surface area contributed by atoms with Crippen LogP contribution in [0.25, 0.3) is 11.1 Å². The Bertz CT molecular complexity index is 1190. The van der Waals surface area contributed by atoms with Crippen molar-refractivity contribution in [3.05, 3.63) is 78.5 Å². The fraction of sp³-hybridized carbons (Fsp3) is 0.321. The summed E-state index contributed by atoms with van der Waals surface area (Å²) in [6.45, 7) is 4.28. The molecule has 8 nitrogen and oxygen atoms in total. The molecule has 0 fully saturated rings. The average Bonchev–Trinajstić information content (AvgIpc) is 2.91. The Morgan fingerprint density at radius 1 is 1.17 bits per heavy atom. The number of hydrogen-bond acceptors (Lipinski definition) is 5. The SMILES string of the molecule is C[C@H]1CN([C@@H](C)CO)C(=O)c2cc(-c3ccccc3)cnc2O[C@H]1CN(C)C(=O)Nc1ccccc1. The first kappa shape index (κ1) is 25.2. The van der Waals surface area contributed by atoms with E-state index in [1.54, 1.807) is 29.1 Å². The number of aliphatic hydroxyl groups excluding tert-OH is 1. The number of anilines is 1. The van der Waals surface area contributed by atoms with E-state index in [0.29, 0.717) is 17.8 Å². The number of urea groups is 1. The second-order valence-electron chi connectivity index (χ2n) is 9.24. The number of benzene rings is 2. The molecule has 1 aliphatic heterocycles. The Labute approximate surface area is 211 Å². The predicted octanol–water partition coefficient (Wildman–Crippen LogP) is 4.13. The van der Waals surface area contributed by atoms with Crippen LogP contribution in [0.4, 0.5) is 10.5 Å². The molecule has 3 aromatic rings. The second kappa shape index (κ2) is 11.2. The van der Waals surface area contributed by atoms with Crippen LogP contribution >= 0.6 is 0 Å². The number of hydrogen-bond donors (Lipinski definition) is 2. The number of amides is 3. The lowest BCUT2D eigenvalue weighted by molar-refractivity contribution is 0.0356. The van der Waals surface area contributed by atoms with Gasteiger partial charge in [-0.05, 0) is 30.7 Å². The summed E-state index contributed by atoms with van der Waals surface area (Å²) >= 11 is 0. The Morgan fingerprint density at radius 3 is 2.50 bits per heavy atom. The van der Waals surface area contributed by atoms with E-state index in [-0.39, 0.29) is 42.9 Å². The van der Waals surface area contributed by atoms with Crippen molar-refractivity contribution in [2.75, 3.05) is 32.1 Å². The van der Waals surface area contributed by atoms with Crippen molar-refractivity contribution in [3.8, 4) is 17.0 Å². The van der Waals surface area contributed by atoms with Crippen LogP contribution in [-0.4, -0.2) is 70.7 Å². The third-order valence-corrected chi connectivity index (χ3v) is 6.45. The highest BCUT2D eigenvalue weighted by Crippen LogP contribution is 2.30. The van der Waals surface area contributed by atoms with Gasteiger partial charge in [0.2, 0.25) is 5.88 Å². The Hall–Kier alpha value is -3.91. The predicted molar refractivity (Wildman–Crippen MR) is 139 cm³/mol. The highest BCUT2D eigenvalue weighted by atomic mass is 16.5. The van der Waals surface area contributed by atoms with Crippen molar-refractivity contribution in [1.82, 2.24) is 14.8 Å². The molecule has 1 aliphatic rings. The molecule has 2 heterocycles. The van der Waals surface area contributed by atoms with Crippen LogP contribution in [0.15, 0.2) is 72.9 Å². The van der Waals surface area contributed by atoms with Gasteiger partial charge in [0.15, 0.2) is 0 Å². The van der Waals surface area contributed by atoms with Gasteiger partial charge < -0.3 is 25.0 Å². The minimum Gasteiger partial charge on any atom is -0.472 e. The van der Waals surface area contributed by atoms with Crippen LogP contribution in [0.1, 0.15) is 24.2 Å². The lowest BCUT2D eigenvalue weighted by Gasteiger charge is -2.37. The van der Waals surface area contributed by atoms with E-state index in [1.807, 2.05) is 74.5 Å². The molecule has 8 heteroatoms. The summed E-state index contributed by atoms with van der Waals surface area (Å²) in [7, 11) is 1.71. The summed E-state index contributed by atoms with van der Waals surface area (Å²) < 4.78 is 6.30. The van der Waals surface area contributed by atoms with Crippen LogP contribution < -0.4 is 10.1 Å². The first-order chi connectivity index (χ1) is 17.4. The van der Waals surface area contributed by atoms with Crippen LogP contribution in [0, 0.1) is 5.92 Å². The minimum absolute atomic E-state index is 0.126. The molecule has 36 heavy (non-hydrogen) atoms. The van der Waals surface area contributed by atoms with Crippen LogP contribution in [0.5, 0.6) is 5.88 Å². The fourth-order valence-corrected chi connectivity index (χ4v) is 4.20. The average molecular weight is 489 g/mol. The first-order valence-corrected chi connectivity index (χ1v) is 12.1. The zero-order valence-corrected chi connectivity index (χ0v) is 20.8. The highest BCUT2D eigenvalue weighted by Gasteiger charge is 2.34. The summed E-state index contributed by atoms with van der Waals surface area (Å²) in [5.74, 6) is -0.140. The number of fused-ring (bicyclic) bond motifs is 1. The van der Waals surface area contributed by atoms with Crippen molar-refractivity contribution in [2.45, 2.75) is 26.0 Å². The summed E-state index contributed by atoms with van der Waals surface area (Å²) in [6.07, 6.45) is 1.27. The molecular weight excluding hydrogens is 456 g/mol. The number of nitrogens with one attached hydrogen (secondary N) is 1. The molecule has 0 saturated carbocycles. The van der Waals surface area contributed by atoms with Crippen molar-refractivity contribution in [2.24, 2.45) is 5.92 Å². The zero-order valence-electron chi connectivity index (χ0n) is 20.8. The van der Waals surface area contributed by atoms with Gasteiger partial charge in [0.1, 0.15) is 11.7 Å².